The highest BCUT2D eigenvalue weighted by Crippen LogP contribution is 2.34. The Labute approximate surface area is 95.3 Å². The number of hydrogen-bond acceptors (Lipinski definition) is 4. The number of carbonyl (C=O) groups excluding carboxylic acids is 1. The molecule has 2 heterocycles. The number of rotatable bonds is 4. The third-order valence-electron chi connectivity index (χ3n) is 2.80. The van der Waals surface area contributed by atoms with Crippen LogP contribution in [-0.4, -0.2) is 37.0 Å². The first-order valence-electron chi connectivity index (χ1n) is 5.65. The minimum absolute atomic E-state index is 0.0612. The van der Waals surface area contributed by atoms with Crippen molar-refractivity contribution in [2.75, 3.05) is 13.2 Å². The monoisotopic (exact) mass is 223 g/mol. The van der Waals surface area contributed by atoms with Gasteiger partial charge in [-0.3, -0.25) is 9.79 Å². The average Bonchev–Trinajstić information content (AvgIpc) is 2.85. The van der Waals surface area contributed by atoms with E-state index >= 15 is 0 Å². The molecule has 1 fully saturated rings. The molecular formula is C12H17NO3. The highest BCUT2D eigenvalue weighted by molar-refractivity contribution is 5.79. The Bertz CT molecular complexity index is 331. The van der Waals surface area contributed by atoms with Crippen LogP contribution in [0.4, 0.5) is 0 Å². The minimum atomic E-state index is -0.152. The number of ether oxygens (including phenoxy) is 2. The van der Waals surface area contributed by atoms with Crippen LogP contribution in [0.3, 0.4) is 0 Å². The number of carbonyl (C=O) groups is 1. The maximum absolute atomic E-state index is 11.7. The van der Waals surface area contributed by atoms with Gasteiger partial charge in [0, 0.05) is 5.71 Å². The average molecular weight is 223 g/mol. The van der Waals surface area contributed by atoms with Crippen molar-refractivity contribution in [1.29, 1.82) is 0 Å². The van der Waals surface area contributed by atoms with Crippen molar-refractivity contribution in [3.8, 4) is 0 Å². The summed E-state index contributed by atoms with van der Waals surface area (Å²) in [5, 5.41) is 0. The first-order valence-corrected chi connectivity index (χ1v) is 5.65. The number of fused-ring (bicyclic) bond motifs is 2. The van der Waals surface area contributed by atoms with E-state index in [1.54, 1.807) is 0 Å². The van der Waals surface area contributed by atoms with E-state index in [2.05, 4.69) is 4.99 Å². The van der Waals surface area contributed by atoms with Crippen molar-refractivity contribution in [3.63, 3.8) is 0 Å². The van der Waals surface area contributed by atoms with Gasteiger partial charge in [0.05, 0.1) is 24.7 Å². The fourth-order valence-corrected chi connectivity index (χ4v) is 2.03. The van der Waals surface area contributed by atoms with Crippen molar-refractivity contribution < 1.29 is 14.3 Å². The van der Waals surface area contributed by atoms with E-state index in [0.29, 0.717) is 13.2 Å². The molecule has 0 saturated carbocycles. The highest BCUT2D eigenvalue weighted by atomic mass is 16.5. The van der Waals surface area contributed by atoms with Crippen LogP contribution in [0.5, 0.6) is 0 Å². The molecule has 0 aromatic heterocycles. The quantitative estimate of drug-likeness (QED) is 0.313. The summed E-state index contributed by atoms with van der Waals surface area (Å²) in [6.07, 6.45) is 4.79. The van der Waals surface area contributed by atoms with Crippen LogP contribution < -0.4 is 0 Å². The molecule has 0 spiro atoms. The second-order valence-electron chi connectivity index (χ2n) is 4.36. The molecule has 0 N–H and O–H groups in total. The van der Waals surface area contributed by atoms with Gasteiger partial charge in [0.1, 0.15) is 6.61 Å². The van der Waals surface area contributed by atoms with E-state index in [1.165, 1.54) is 0 Å². The van der Waals surface area contributed by atoms with Gasteiger partial charge in [-0.05, 0) is 20.3 Å². The van der Waals surface area contributed by atoms with E-state index < -0.39 is 0 Å². The van der Waals surface area contributed by atoms with Gasteiger partial charge in [-0.25, -0.2) is 0 Å². The third-order valence-corrected chi connectivity index (χ3v) is 2.80. The van der Waals surface area contributed by atoms with Crippen LogP contribution in [0, 0.1) is 5.92 Å². The highest BCUT2D eigenvalue weighted by Gasteiger charge is 2.41. The van der Waals surface area contributed by atoms with Gasteiger partial charge in [0.2, 0.25) is 0 Å². The lowest BCUT2D eigenvalue weighted by molar-refractivity contribution is -0.149. The Morgan fingerprint density at radius 1 is 1.50 bits per heavy atom. The molecule has 0 aliphatic carbocycles. The van der Waals surface area contributed by atoms with Gasteiger partial charge < -0.3 is 9.47 Å². The molecule has 16 heavy (non-hydrogen) atoms. The summed E-state index contributed by atoms with van der Waals surface area (Å²) >= 11 is 0. The lowest BCUT2D eigenvalue weighted by Crippen LogP contribution is -2.26. The van der Waals surface area contributed by atoms with Gasteiger partial charge in [-0.1, -0.05) is 12.2 Å². The largest absolute Gasteiger partial charge is 0.463 e. The van der Waals surface area contributed by atoms with Gasteiger partial charge in [-0.2, -0.15) is 0 Å². The Kier molecular flexibility index (Phi) is 3.39. The van der Waals surface area contributed by atoms with Gasteiger partial charge in [0.25, 0.3) is 0 Å². The normalized spacial score (nSPS) is 30.5. The van der Waals surface area contributed by atoms with Crippen molar-refractivity contribution >= 4 is 11.7 Å². The molecule has 88 valence electrons. The van der Waals surface area contributed by atoms with E-state index in [1.807, 2.05) is 26.0 Å². The summed E-state index contributed by atoms with van der Waals surface area (Å²) in [5.41, 5.74) is 1.00. The van der Waals surface area contributed by atoms with Gasteiger partial charge in [-0.15, -0.1) is 0 Å². The molecule has 0 aromatic rings. The van der Waals surface area contributed by atoms with E-state index in [4.69, 9.17) is 9.47 Å². The Hall–Kier alpha value is -1.16. The molecule has 2 aliphatic heterocycles. The predicted molar refractivity (Wildman–Crippen MR) is 60.5 cm³/mol. The zero-order valence-electron chi connectivity index (χ0n) is 9.68. The number of nitrogens with zero attached hydrogens (tertiary/aromatic N) is 1. The number of hydrogen-bond donors (Lipinski definition) is 0. The molecular weight excluding hydrogens is 206 g/mol. The van der Waals surface area contributed by atoms with E-state index in [0.717, 1.165) is 12.1 Å². The fourth-order valence-electron chi connectivity index (χ4n) is 2.03. The van der Waals surface area contributed by atoms with Crippen LogP contribution in [0.1, 0.15) is 20.3 Å². The van der Waals surface area contributed by atoms with Crippen molar-refractivity contribution in [3.05, 3.63) is 12.2 Å². The lowest BCUT2D eigenvalue weighted by Gasteiger charge is -2.13. The van der Waals surface area contributed by atoms with Crippen LogP contribution >= 0.6 is 0 Å². The molecule has 4 nitrogen and oxygen atoms in total. The Morgan fingerprint density at radius 2 is 2.31 bits per heavy atom. The van der Waals surface area contributed by atoms with Crippen LogP contribution in [0.2, 0.25) is 0 Å². The molecule has 4 heteroatoms. The molecule has 0 amide bonds. The first kappa shape index (κ1) is 11.3. The summed E-state index contributed by atoms with van der Waals surface area (Å²) in [5.74, 6) is -0.262. The second kappa shape index (κ2) is 4.78. The molecule has 2 aliphatic rings. The van der Waals surface area contributed by atoms with Crippen LogP contribution in [0.25, 0.3) is 0 Å². The molecule has 0 radical (unpaired) electrons. The molecule has 0 unspecified atom stereocenters. The second-order valence-corrected chi connectivity index (χ2v) is 4.36. The van der Waals surface area contributed by atoms with Crippen molar-refractivity contribution in [1.82, 2.24) is 0 Å². The van der Waals surface area contributed by atoms with E-state index in [-0.39, 0.29) is 24.1 Å². The molecule has 1 saturated heterocycles. The maximum Gasteiger partial charge on any atom is 0.312 e. The zero-order valence-corrected chi connectivity index (χ0v) is 9.68. The first-order chi connectivity index (χ1) is 7.66. The Balaban J connectivity index is 1.73. The zero-order chi connectivity index (χ0) is 11.5. The summed E-state index contributed by atoms with van der Waals surface area (Å²) in [7, 11) is 0. The number of aliphatic imine (C=N–C) groups is 1. The summed E-state index contributed by atoms with van der Waals surface area (Å²) in [6.45, 7) is 4.76. The van der Waals surface area contributed by atoms with Gasteiger partial charge >= 0.3 is 5.97 Å². The van der Waals surface area contributed by atoms with Crippen molar-refractivity contribution in [2.24, 2.45) is 10.9 Å². The van der Waals surface area contributed by atoms with Crippen LogP contribution in [0.15, 0.2) is 17.1 Å². The predicted octanol–water partition coefficient (Wildman–Crippen LogP) is 1.35. The standard InChI is InChI=1S/C12H17NO3/c1-8(2)13-5-6-15-12(14)10-7-9-3-4-11(10)16-9/h3-4,9-11H,5-7H2,1-2H3/t9-,10+,11+/m0/s1. The van der Waals surface area contributed by atoms with Crippen LogP contribution in [-0.2, 0) is 14.3 Å². The maximum atomic E-state index is 11.7. The molecule has 0 aromatic carbocycles. The van der Waals surface area contributed by atoms with Crippen molar-refractivity contribution in [2.45, 2.75) is 32.5 Å². The summed E-state index contributed by atoms with van der Waals surface area (Å²) < 4.78 is 10.7. The fraction of sp³-hybridized carbons (Fsp3) is 0.667. The van der Waals surface area contributed by atoms with E-state index in [9.17, 15) is 4.79 Å². The minimum Gasteiger partial charge on any atom is -0.463 e. The topological polar surface area (TPSA) is 47.9 Å². The SMILES string of the molecule is CC(C)=NCCOC(=O)[C@@H]1C[C@@H]2C=C[C@H]1O2. The lowest BCUT2D eigenvalue weighted by atomic mass is 9.95. The smallest absolute Gasteiger partial charge is 0.312 e. The summed E-state index contributed by atoms with van der Waals surface area (Å²) in [6, 6.07) is 0. The number of esters is 1. The molecule has 2 bridgehead atoms. The van der Waals surface area contributed by atoms with Gasteiger partial charge in [0.15, 0.2) is 0 Å². The summed E-state index contributed by atoms with van der Waals surface area (Å²) in [4.78, 5) is 15.9. The molecule has 2 rings (SSSR count). The molecule has 3 atom stereocenters. The Morgan fingerprint density at radius 3 is 2.88 bits per heavy atom. The third kappa shape index (κ3) is 2.50.